The first kappa shape index (κ1) is 27.5. The van der Waals surface area contributed by atoms with Gasteiger partial charge >= 0.3 is 0 Å². The van der Waals surface area contributed by atoms with Gasteiger partial charge in [0.25, 0.3) is 0 Å². The molecule has 0 aliphatic rings. The molecule has 4 heterocycles. The number of hydrogen-bond donors (Lipinski definition) is 0. The van der Waals surface area contributed by atoms with Crippen molar-refractivity contribution in [3.8, 4) is 45.3 Å². The van der Waals surface area contributed by atoms with E-state index in [0.717, 1.165) is 22.3 Å². The fourth-order valence-corrected chi connectivity index (χ4v) is 8.97. The standard InChI is InChI=1S/C45H26N4S/c1-3-12-27(13-4-1)43-46-44(28-14-5-2-6-15-28)48-45(47-43)30-17-9-16-29(26-30)31-19-11-23-37-40(31)41-38(50-37)25-24-36-39(41)34-21-10-20-33-32-18-7-8-22-35(32)49(36)42(33)34/h1-26H. The van der Waals surface area contributed by atoms with E-state index in [4.69, 9.17) is 15.0 Å². The molecule has 0 saturated heterocycles. The summed E-state index contributed by atoms with van der Waals surface area (Å²) in [7, 11) is 0. The Balaban J connectivity index is 1.16. The summed E-state index contributed by atoms with van der Waals surface area (Å²) >= 11 is 1.87. The van der Waals surface area contributed by atoms with Gasteiger partial charge < -0.3 is 4.40 Å². The lowest BCUT2D eigenvalue weighted by Crippen LogP contribution is -2.00. The van der Waals surface area contributed by atoms with Crippen molar-refractivity contribution in [1.29, 1.82) is 0 Å². The number of rotatable bonds is 4. The van der Waals surface area contributed by atoms with E-state index in [0.29, 0.717) is 17.5 Å². The average Bonchev–Trinajstić information content (AvgIpc) is 3.85. The second kappa shape index (κ2) is 10.5. The molecule has 4 nitrogen and oxygen atoms in total. The molecular weight excluding hydrogens is 629 g/mol. The van der Waals surface area contributed by atoms with Gasteiger partial charge in [0.15, 0.2) is 17.5 Å². The average molecular weight is 655 g/mol. The molecule has 0 N–H and O–H groups in total. The van der Waals surface area contributed by atoms with Crippen molar-refractivity contribution < 1.29 is 0 Å². The van der Waals surface area contributed by atoms with Gasteiger partial charge in [-0.1, -0.05) is 127 Å². The zero-order valence-electron chi connectivity index (χ0n) is 26.7. The summed E-state index contributed by atoms with van der Waals surface area (Å²) in [5, 5.41) is 7.83. The Morgan fingerprint density at radius 1 is 0.380 bits per heavy atom. The Bertz CT molecular complexity index is 3030. The minimum atomic E-state index is 0.653. The lowest BCUT2D eigenvalue weighted by Gasteiger charge is -2.10. The highest BCUT2D eigenvalue weighted by molar-refractivity contribution is 7.26. The van der Waals surface area contributed by atoms with Gasteiger partial charge in [-0.15, -0.1) is 11.3 Å². The van der Waals surface area contributed by atoms with Crippen molar-refractivity contribution >= 4 is 69.6 Å². The quantitative estimate of drug-likeness (QED) is 0.190. The zero-order valence-corrected chi connectivity index (χ0v) is 27.5. The highest BCUT2D eigenvalue weighted by atomic mass is 32.1. The van der Waals surface area contributed by atoms with Crippen LogP contribution in [0.3, 0.4) is 0 Å². The maximum atomic E-state index is 5.02. The topological polar surface area (TPSA) is 43.1 Å². The molecule has 11 aromatic rings. The molecular formula is C45H26N4S. The van der Waals surface area contributed by atoms with E-state index in [1.54, 1.807) is 0 Å². The maximum Gasteiger partial charge on any atom is 0.164 e. The molecule has 0 radical (unpaired) electrons. The van der Waals surface area contributed by atoms with Crippen molar-refractivity contribution in [3.63, 3.8) is 0 Å². The van der Waals surface area contributed by atoms with Gasteiger partial charge in [-0.05, 0) is 41.5 Å². The van der Waals surface area contributed by atoms with Crippen molar-refractivity contribution in [2.75, 3.05) is 0 Å². The third kappa shape index (κ3) is 3.95. The van der Waals surface area contributed by atoms with Gasteiger partial charge in [-0.2, -0.15) is 0 Å². The SMILES string of the molecule is c1ccc(-c2nc(-c3ccccc3)nc(-c3cccc(-c4cccc5sc6ccc7c(c8cccc9c%10ccccc%10n7c98)c6c45)c3)n2)cc1. The summed E-state index contributed by atoms with van der Waals surface area (Å²) in [6.45, 7) is 0. The summed E-state index contributed by atoms with van der Waals surface area (Å²) in [6.07, 6.45) is 0. The Morgan fingerprint density at radius 3 is 1.74 bits per heavy atom. The summed E-state index contributed by atoms with van der Waals surface area (Å²) < 4.78 is 5.05. The Kier molecular flexibility index (Phi) is 5.80. The number of fused-ring (bicyclic) bond motifs is 10. The van der Waals surface area contributed by atoms with Crippen molar-refractivity contribution in [2.24, 2.45) is 0 Å². The summed E-state index contributed by atoms with van der Waals surface area (Å²) in [4.78, 5) is 15.0. The second-order valence-corrected chi connectivity index (χ2v) is 13.9. The Labute approximate surface area is 290 Å². The number of aromatic nitrogens is 4. The largest absolute Gasteiger partial charge is 0.308 e. The molecule has 0 bridgehead atoms. The second-order valence-electron chi connectivity index (χ2n) is 12.8. The van der Waals surface area contributed by atoms with Crippen LogP contribution < -0.4 is 0 Å². The lowest BCUT2D eigenvalue weighted by molar-refractivity contribution is 1.07. The Morgan fingerprint density at radius 2 is 0.960 bits per heavy atom. The van der Waals surface area contributed by atoms with E-state index in [1.165, 1.54) is 63.8 Å². The van der Waals surface area contributed by atoms with E-state index < -0.39 is 0 Å². The van der Waals surface area contributed by atoms with Crippen LogP contribution in [0.2, 0.25) is 0 Å². The van der Waals surface area contributed by atoms with Gasteiger partial charge in [0, 0.05) is 58.4 Å². The number of para-hydroxylation sites is 2. The smallest absolute Gasteiger partial charge is 0.164 e. The normalized spacial score (nSPS) is 12.0. The molecule has 0 atom stereocenters. The minimum Gasteiger partial charge on any atom is -0.308 e. The zero-order chi connectivity index (χ0) is 32.8. The molecule has 0 aliphatic heterocycles. The van der Waals surface area contributed by atoms with E-state index in [1.807, 2.05) is 72.0 Å². The number of thiophene rings is 1. The van der Waals surface area contributed by atoms with E-state index in [2.05, 4.69) is 101 Å². The van der Waals surface area contributed by atoms with Crippen molar-refractivity contribution in [1.82, 2.24) is 19.4 Å². The molecule has 0 fully saturated rings. The first-order valence-corrected chi connectivity index (χ1v) is 17.6. The number of hydrogen-bond acceptors (Lipinski definition) is 4. The number of nitrogens with zero attached hydrogens (tertiary/aromatic N) is 4. The minimum absolute atomic E-state index is 0.653. The third-order valence-corrected chi connectivity index (χ3v) is 11.1. The Hall–Kier alpha value is -6.43. The van der Waals surface area contributed by atoms with Gasteiger partial charge in [-0.25, -0.2) is 15.0 Å². The van der Waals surface area contributed by atoms with Crippen LogP contribution in [-0.4, -0.2) is 19.4 Å². The van der Waals surface area contributed by atoms with Crippen molar-refractivity contribution in [3.05, 3.63) is 158 Å². The first-order valence-electron chi connectivity index (χ1n) is 16.8. The fourth-order valence-electron chi connectivity index (χ4n) is 7.83. The van der Waals surface area contributed by atoms with Gasteiger partial charge in [0.1, 0.15) is 0 Å². The van der Waals surface area contributed by atoms with Crippen LogP contribution in [0.5, 0.6) is 0 Å². The molecule has 0 spiro atoms. The molecule has 0 unspecified atom stereocenters. The third-order valence-electron chi connectivity index (χ3n) is 9.98. The summed E-state index contributed by atoms with van der Waals surface area (Å²) in [6, 6.07) is 55.8. The lowest BCUT2D eigenvalue weighted by atomic mass is 9.96. The molecule has 4 aromatic heterocycles. The molecule has 5 heteroatoms. The predicted octanol–water partition coefficient (Wildman–Crippen LogP) is 12.1. The van der Waals surface area contributed by atoms with Gasteiger partial charge in [-0.3, -0.25) is 0 Å². The van der Waals surface area contributed by atoms with Crippen molar-refractivity contribution in [2.45, 2.75) is 0 Å². The monoisotopic (exact) mass is 654 g/mol. The van der Waals surface area contributed by atoms with Gasteiger partial charge in [0.2, 0.25) is 0 Å². The van der Waals surface area contributed by atoms with Gasteiger partial charge in [0.05, 0.1) is 16.6 Å². The molecule has 50 heavy (non-hydrogen) atoms. The van der Waals surface area contributed by atoms with Crippen LogP contribution in [0, 0.1) is 0 Å². The summed E-state index contributed by atoms with van der Waals surface area (Å²) in [5.41, 5.74) is 9.01. The van der Waals surface area contributed by atoms with E-state index in [9.17, 15) is 0 Å². The molecule has 7 aromatic carbocycles. The van der Waals surface area contributed by atoms with Crippen LogP contribution in [-0.2, 0) is 0 Å². The molecule has 11 rings (SSSR count). The highest BCUT2D eigenvalue weighted by Gasteiger charge is 2.22. The summed E-state index contributed by atoms with van der Waals surface area (Å²) in [5.74, 6) is 1.97. The molecule has 232 valence electrons. The number of benzene rings is 7. The predicted molar refractivity (Wildman–Crippen MR) is 209 cm³/mol. The van der Waals surface area contributed by atoms with E-state index in [-0.39, 0.29) is 0 Å². The molecule has 0 amide bonds. The van der Waals surface area contributed by atoms with Crippen LogP contribution in [0.25, 0.3) is 104 Å². The van der Waals surface area contributed by atoms with E-state index >= 15 is 0 Å². The van der Waals surface area contributed by atoms with Crippen LogP contribution in [0.4, 0.5) is 0 Å². The molecule has 0 aliphatic carbocycles. The van der Waals surface area contributed by atoms with Crippen LogP contribution >= 0.6 is 11.3 Å². The fraction of sp³-hybridized carbons (Fsp3) is 0. The van der Waals surface area contributed by atoms with Crippen LogP contribution in [0.1, 0.15) is 0 Å². The first-order chi connectivity index (χ1) is 24.8. The van der Waals surface area contributed by atoms with Crippen LogP contribution in [0.15, 0.2) is 158 Å². The highest BCUT2D eigenvalue weighted by Crippen LogP contribution is 2.48. The molecule has 0 saturated carbocycles. The maximum absolute atomic E-state index is 5.02.